The predicted octanol–water partition coefficient (Wildman–Crippen LogP) is 0.519. The lowest BCUT2D eigenvalue weighted by Gasteiger charge is -2.23. The molecule has 2 aliphatic rings. The molecule has 0 aromatic heterocycles. The average molecular weight is 158 g/mol. The van der Waals surface area contributed by atoms with Crippen LogP contribution in [0.4, 0.5) is 0 Å². The van der Waals surface area contributed by atoms with Crippen molar-refractivity contribution < 1.29 is 14.6 Å². The topological polar surface area (TPSA) is 38.7 Å². The molecule has 0 radical (unpaired) electrons. The highest BCUT2D eigenvalue weighted by Gasteiger charge is 2.41. The molecule has 11 heavy (non-hydrogen) atoms. The summed E-state index contributed by atoms with van der Waals surface area (Å²) >= 11 is 0. The lowest BCUT2D eigenvalue weighted by atomic mass is 9.99. The molecule has 3 nitrogen and oxygen atoms in total. The molecule has 0 aromatic rings. The van der Waals surface area contributed by atoms with Gasteiger partial charge >= 0.3 is 0 Å². The summed E-state index contributed by atoms with van der Waals surface area (Å²) in [6, 6.07) is 0. The van der Waals surface area contributed by atoms with Crippen molar-refractivity contribution in [3.63, 3.8) is 0 Å². The van der Waals surface area contributed by atoms with Gasteiger partial charge in [-0.3, -0.25) is 0 Å². The zero-order valence-electron chi connectivity index (χ0n) is 6.69. The van der Waals surface area contributed by atoms with Crippen molar-refractivity contribution in [2.24, 2.45) is 5.92 Å². The third-order valence-corrected chi connectivity index (χ3v) is 2.58. The Hall–Kier alpha value is -0.120. The Kier molecular flexibility index (Phi) is 1.87. The molecule has 4 atom stereocenters. The number of fused-ring (bicyclic) bond motifs is 2. The second kappa shape index (κ2) is 2.73. The highest BCUT2D eigenvalue weighted by atomic mass is 16.7. The van der Waals surface area contributed by atoms with Gasteiger partial charge in [-0.25, -0.2) is 0 Å². The number of ether oxygens (including phenoxy) is 2. The van der Waals surface area contributed by atoms with Crippen LogP contribution in [0.1, 0.15) is 19.8 Å². The molecule has 2 saturated heterocycles. The minimum Gasteiger partial charge on any atom is -0.394 e. The first-order chi connectivity index (χ1) is 5.31. The molecular weight excluding hydrogens is 144 g/mol. The fraction of sp³-hybridized carbons (Fsp3) is 1.00. The van der Waals surface area contributed by atoms with Gasteiger partial charge in [-0.15, -0.1) is 0 Å². The predicted molar refractivity (Wildman–Crippen MR) is 39.0 cm³/mol. The van der Waals surface area contributed by atoms with Crippen molar-refractivity contribution >= 4 is 0 Å². The Bertz CT molecular complexity index is 148. The average Bonchev–Trinajstić information content (AvgIpc) is 2.37. The number of hydrogen-bond acceptors (Lipinski definition) is 3. The first-order valence-electron chi connectivity index (χ1n) is 4.23. The smallest absolute Gasteiger partial charge is 0.161 e. The first-order valence-corrected chi connectivity index (χ1v) is 4.23. The van der Waals surface area contributed by atoms with Crippen molar-refractivity contribution in [2.45, 2.75) is 38.3 Å². The van der Waals surface area contributed by atoms with Gasteiger partial charge < -0.3 is 14.6 Å². The van der Waals surface area contributed by atoms with Gasteiger partial charge in [-0.2, -0.15) is 0 Å². The maximum Gasteiger partial charge on any atom is 0.161 e. The van der Waals surface area contributed by atoms with E-state index in [0.717, 1.165) is 12.8 Å². The zero-order chi connectivity index (χ0) is 7.84. The SMILES string of the molecule is C[C@@H]1CCC2OC1O[C@H]2CO. The molecule has 0 spiro atoms. The van der Waals surface area contributed by atoms with Crippen LogP contribution in [0.2, 0.25) is 0 Å². The lowest BCUT2D eigenvalue weighted by molar-refractivity contribution is -0.121. The van der Waals surface area contributed by atoms with Gasteiger partial charge in [0.2, 0.25) is 0 Å². The van der Waals surface area contributed by atoms with E-state index in [4.69, 9.17) is 14.6 Å². The lowest BCUT2D eigenvalue weighted by Crippen LogP contribution is -2.28. The Morgan fingerprint density at radius 3 is 2.82 bits per heavy atom. The summed E-state index contributed by atoms with van der Waals surface area (Å²) in [7, 11) is 0. The minimum absolute atomic E-state index is 0.0501. The van der Waals surface area contributed by atoms with E-state index in [9.17, 15) is 0 Å². The molecule has 2 fully saturated rings. The minimum atomic E-state index is -0.0649. The molecule has 0 aromatic carbocycles. The zero-order valence-corrected chi connectivity index (χ0v) is 6.69. The molecule has 0 aliphatic carbocycles. The van der Waals surface area contributed by atoms with E-state index in [1.54, 1.807) is 0 Å². The summed E-state index contributed by atoms with van der Waals surface area (Å²) in [6.07, 6.45) is 2.23. The van der Waals surface area contributed by atoms with E-state index in [1.807, 2.05) is 0 Å². The van der Waals surface area contributed by atoms with Gasteiger partial charge in [-0.05, 0) is 12.8 Å². The summed E-state index contributed by atoms with van der Waals surface area (Å²) in [5.74, 6) is 0.489. The molecular formula is C8H14O3. The summed E-state index contributed by atoms with van der Waals surface area (Å²) in [4.78, 5) is 0. The maximum absolute atomic E-state index is 8.89. The Balaban J connectivity index is 2.03. The molecule has 3 heteroatoms. The van der Waals surface area contributed by atoms with Crippen molar-refractivity contribution in [1.29, 1.82) is 0 Å². The molecule has 2 aliphatic heterocycles. The van der Waals surface area contributed by atoms with E-state index in [1.165, 1.54) is 0 Å². The van der Waals surface area contributed by atoms with Crippen molar-refractivity contribution in [1.82, 2.24) is 0 Å². The second-order valence-electron chi connectivity index (χ2n) is 3.45. The van der Waals surface area contributed by atoms with Gasteiger partial charge in [0.1, 0.15) is 6.10 Å². The van der Waals surface area contributed by atoms with Crippen LogP contribution in [0.5, 0.6) is 0 Å². The van der Waals surface area contributed by atoms with Crippen LogP contribution < -0.4 is 0 Å². The third-order valence-electron chi connectivity index (χ3n) is 2.58. The molecule has 2 rings (SSSR count). The van der Waals surface area contributed by atoms with Crippen LogP contribution in [0.25, 0.3) is 0 Å². The Morgan fingerprint density at radius 1 is 1.36 bits per heavy atom. The maximum atomic E-state index is 8.89. The monoisotopic (exact) mass is 158 g/mol. The van der Waals surface area contributed by atoms with Crippen LogP contribution in [-0.2, 0) is 9.47 Å². The third kappa shape index (κ3) is 1.17. The fourth-order valence-electron chi connectivity index (χ4n) is 1.80. The number of aliphatic hydroxyl groups is 1. The van der Waals surface area contributed by atoms with E-state index >= 15 is 0 Å². The second-order valence-corrected chi connectivity index (χ2v) is 3.45. The molecule has 0 amide bonds. The first kappa shape index (κ1) is 7.53. The molecule has 0 saturated carbocycles. The van der Waals surface area contributed by atoms with Gasteiger partial charge in [0.05, 0.1) is 12.7 Å². The summed E-state index contributed by atoms with van der Waals surface area (Å²) < 4.78 is 11.0. The van der Waals surface area contributed by atoms with Crippen LogP contribution >= 0.6 is 0 Å². The highest BCUT2D eigenvalue weighted by Crippen LogP contribution is 2.34. The molecule has 64 valence electrons. The van der Waals surface area contributed by atoms with Gasteiger partial charge in [0, 0.05) is 5.92 Å². The molecule has 2 bridgehead atoms. The van der Waals surface area contributed by atoms with Crippen LogP contribution in [0.3, 0.4) is 0 Å². The van der Waals surface area contributed by atoms with Crippen LogP contribution in [0, 0.1) is 5.92 Å². The van der Waals surface area contributed by atoms with E-state index in [0.29, 0.717) is 5.92 Å². The largest absolute Gasteiger partial charge is 0.394 e. The number of hydrogen-bond donors (Lipinski definition) is 1. The molecule has 2 heterocycles. The van der Waals surface area contributed by atoms with Crippen molar-refractivity contribution in [3.05, 3.63) is 0 Å². The van der Waals surface area contributed by atoms with Gasteiger partial charge in [0.25, 0.3) is 0 Å². The van der Waals surface area contributed by atoms with E-state index in [-0.39, 0.29) is 25.1 Å². The Labute approximate surface area is 66.3 Å². The summed E-state index contributed by atoms with van der Waals surface area (Å²) in [6.45, 7) is 2.22. The van der Waals surface area contributed by atoms with Crippen LogP contribution in [0.15, 0.2) is 0 Å². The van der Waals surface area contributed by atoms with E-state index in [2.05, 4.69) is 6.92 Å². The quantitative estimate of drug-likeness (QED) is 0.604. The number of rotatable bonds is 1. The molecule has 1 N–H and O–H groups in total. The normalized spacial score (nSPS) is 49.6. The standard InChI is InChI=1S/C8H14O3/c1-5-2-3-6-7(4-9)11-8(5)10-6/h5-9H,2-4H2,1H3/t5-,6?,7+,8?/m1/s1. The molecule has 2 unspecified atom stereocenters. The van der Waals surface area contributed by atoms with Crippen molar-refractivity contribution in [3.8, 4) is 0 Å². The van der Waals surface area contributed by atoms with Crippen LogP contribution in [-0.4, -0.2) is 30.2 Å². The van der Waals surface area contributed by atoms with Gasteiger partial charge in [-0.1, -0.05) is 6.92 Å². The van der Waals surface area contributed by atoms with Crippen molar-refractivity contribution in [2.75, 3.05) is 6.61 Å². The Morgan fingerprint density at radius 2 is 2.18 bits per heavy atom. The summed E-state index contributed by atoms with van der Waals surface area (Å²) in [5, 5.41) is 8.89. The van der Waals surface area contributed by atoms with Gasteiger partial charge in [0.15, 0.2) is 6.29 Å². The highest BCUT2D eigenvalue weighted by molar-refractivity contribution is 4.84. The van der Waals surface area contributed by atoms with E-state index < -0.39 is 0 Å². The number of aliphatic hydroxyl groups excluding tert-OH is 1. The fourth-order valence-corrected chi connectivity index (χ4v) is 1.80. The summed E-state index contributed by atoms with van der Waals surface area (Å²) in [5.41, 5.74) is 0.